The molecule has 0 aliphatic heterocycles. The maximum Gasteiger partial charge on any atom is 0.376 e. The first-order valence-electron chi connectivity index (χ1n) is 8.57. The summed E-state index contributed by atoms with van der Waals surface area (Å²) < 4.78 is 33.6. The number of nitrogens with one attached hydrogen (secondary N) is 1. The molecule has 146 valence electrons. The molecule has 0 bridgehead atoms. The lowest BCUT2D eigenvalue weighted by Gasteiger charge is -2.07. The minimum Gasteiger partial charge on any atom is -0.460 e. The summed E-state index contributed by atoms with van der Waals surface area (Å²) >= 11 is 0. The maximum absolute atomic E-state index is 12.5. The first-order valence-corrected chi connectivity index (χ1v) is 10.5. The number of esters is 1. The van der Waals surface area contributed by atoms with Gasteiger partial charge in [-0.3, -0.25) is 4.79 Å². The van der Waals surface area contributed by atoms with Gasteiger partial charge in [0, 0.05) is 11.6 Å². The van der Waals surface area contributed by atoms with Gasteiger partial charge in [-0.2, -0.15) is 0 Å². The molecule has 1 aromatic heterocycles. The van der Waals surface area contributed by atoms with Crippen LogP contribution in [0.2, 0.25) is 0 Å². The van der Waals surface area contributed by atoms with Crippen molar-refractivity contribution in [3.8, 4) is 0 Å². The molecule has 2 aromatic carbocycles. The van der Waals surface area contributed by atoms with Crippen LogP contribution in [0.25, 0.3) is 11.0 Å². The quantitative estimate of drug-likeness (QED) is 0.637. The number of ether oxygens (including phenoxy) is 1. The predicted molar refractivity (Wildman–Crippen MR) is 104 cm³/mol. The van der Waals surface area contributed by atoms with Crippen molar-refractivity contribution in [2.24, 2.45) is 0 Å². The van der Waals surface area contributed by atoms with Gasteiger partial charge in [0.05, 0.1) is 17.9 Å². The van der Waals surface area contributed by atoms with E-state index in [1.54, 1.807) is 43.3 Å². The Morgan fingerprint density at radius 2 is 1.75 bits per heavy atom. The number of sulfone groups is 1. The number of amides is 1. The summed E-state index contributed by atoms with van der Waals surface area (Å²) in [5.74, 6) is -1.10. The van der Waals surface area contributed by atoms with E-state index < -0.39 is 15.8 Å². The van der Waals surface area contributed by atoms with E-state index in [4.69, 9.17) is 9.15 Å². The molecule has 0 spiro atoms. The molecule has 0 atom stereocenters. The van der Waals surface area contributed by atoms with Crippen LogP contribution in [0, 0.1) is 0 Å². The van der Waals surface area contributed by atoms with Gasteiger partial charge in [0.1, 0.15) is 11.3 Å². The number of carbonyl (C=O) groups excluding carboxylic acids is 2. The molecule has 1 N–H and O–H groups in total. The fourth-order valence-electron chi connectivity index (χ4n) is 2.73. The molecular weight excluding hydrogens is 382 g/mol. The molecule has 0 radical (unpaired) electrons. The average Bonchev–Trinajstić information content (AvgIpc) is 3.00. The number of anilines is 1. The van der Waals surface area contributed by atoms with Crippen LogP contribution in [0.3, 0.4) is 0 Å². The Morgan fingerprint density at radius 1 is 1.07 bits per heavy atom. The number of fused-ring (bicyclic) bond motifs is 1. The molecule has 7 nitrogen and oxygen atoms in total. The van der Waals surface area contributed by atoms with E-state index in [1.807, 2.05) is 0 Å². The van der Waals surface area contributed by atoms with Gasteiger partial charge in [0.25, 0.3) is 0 Å². The molecule has 28 heavy (non-hydrogen) atoms. The third-order valence-corrected chi connectivity index (χ3v) is 5.17. The van der Waals surface area contributed by atoms with Crippen molar-refractivity contribution >= 4 is 38.4 Å². The highest BCUT2D eigenvalue weighted by molar-refractivity contribution is 7.90. The molecule has 0 saturated carbocycles. The van der Waals surface area contributed by atoms with Crippen molar-refractivity contribution in [3.05, 3.63) is 59.9 Å². The third-order valence-electron chi connectivity index (χ3n) is 4.04. The normalized spacial score (nSPS) is 11.4. The Balaban J connectivity index is 1.84. The van der Waals surface area contributed by atoms with Gasteiger partial charge < -0.3 is 14.5 Å². The van der Waals surface area contributed by atoms with E-state index in [0.717, 1.165) is 6.26 Å². The van der Waals surface area contributed by atoms with Crippen LogP contribution in [0.15, 0.2) is 57.8 Å². The lowest BCUT2D eigenvalue weighted by molar-refractivity contribution is -0.115. The van der Waals surface area contributed by atoms with Crippen molar-refractivity contribution in [2.75, 3.05) is 18.2 Å². The van der Waals surface area contributed by atoms with Crippen molar-refractivity contribution in [1.29, 1.82) is 0 Å². The van der Waals surface area contributed by atoms with Crippen LogP contribution >= 0.6 is 0 Å². The largest absolute Gasteiger partial charge is 0.460 e. The monoisotopic (exact) mass is 401 g/mol. The molecule has 0 fully saturated rings. The topological polar surface area (TPSA) is 103 Å². The highest BCUT2D eigenvalue weighted by atomic mass is 32.2. The summed E-state index contributed by atoms with van der Waals surface area (Å²) in [6.07, 6.45) is 1.13. The Bertz CT molecular complexity index is 1130. The molecule has 8 heteroatoms. The average molecular weight is 401 g/mol. The molecule has 3 rings (SSSR count). The Morgan fingerprint density at radius 3 is 2.39 bits per heavy atom. The number of hydrogen-bond acceptors (Lipinski definition) is 6. The van der Waals surface area contributed by atoms with Crippen LogP contribution in [0.5, 0.6) is 0 Å². The minimum absolute atomic E-state index is 0.00577. The van der Waals surface area contributed by atoms with E-state index in [0.29, 0.717) is 16.5 Å². The summed E-state index contributed by atoms with van der Waals surface area (Å²) in [7, 11) is -3.30. The summed E-state index contributed by atoms with van der Waals surface area (Å²) in [6, 6.07) is 13.0. The lowest BCUT2D eigenvalue weighted by atomic mass is 10.1. The number of rotatable bonds is 6. The van der Waals surface area contributed by atoms with Crippen molar-refractivity contribution in [2.45, 2.75) is 18.2 Å². The molecular formula is C20H19NO6S. The van der Waals surface area contributed by atoms with Gasteiger partial charge in [-0.1, -0.05) is 24.3 Å². The van der Waals surface area contributed by atoms with Gasteiger partial charge in [0.2, 0.25) is 11.7 Å². The van der Waals surface area contributed by atoms with E-state index in [9.17, 15) is 18.0 Å². The Kier molecular flexibility index (Phi) is 5.51. The van der Waals surface area contributed by atoms with Gasteiger partial charge in [-0.25, -0.2) is 13.2 Å². The van der Waals surface area contributed by atoms with Crippen LogP contribution in [0.4, 0.5) is 5.69 Å². The second-order valence-electron chi connectivity index (χ2n) is 6.16. The van der Waals surface area contributed by atoms with Crippen LogP contribution in [0.1, 0.15) is 23.0 Å². The zero-order chi connectivity index (χ0) is 20.3. The number of hydrogen-bond donors (Lipinski definition) is 1. The molecule has 1 heterocycles. The first-order chi connectivity index (χ1) is 13.3. The smallest absolute Gasteiger partial charge is 0.376 e. The van der Waals surface area contributed by atoms with Crippen LogP contribution in [-0.4, -0.2) is 33.2 Å². The molecule has 0 aliphatic rings. The van der Waals surface area contributed by atoms with E-state index in [2.05, 4.69) is 5.32 Å². The molecule has 1 amide bonds. The predicted octanol–water partition coefficient (Wildman–Crippen LogP) is 3.19. The number of para-hydroxylation sites is 1. The second-order valence-corrected chi connectivity index (χ2v) is 8.18. The zero-order valence-corrected chi connectivity index (χ0v) is 16.2. The second kappa shape index (κ2) is 7.85. The van der Waals surface area contributed by atoms with Crippen LogP contribution in [-0.2, 0) is 25.8 Å². The van der Waals surface area contributed by atoms with Gasteiger partial charge in [0.15, 0.2) is 9.84 Å². The van der Waals surface area contributed by atoms with E-state index in [-0.39, 0.29) is 35.3 Å². The van der Waals surface area contributed by atoms with Crippen LogP contribution < -0.4 is 5.32 Å². The Labute approximate surface area is 162 Å². The molecule has 0 unspecified atom stereocenters. The van der Waals surface area contributed by atoms with Gasteiger partial charge in [-0.05, 0) is 36.8 Å². The van der Waals surface area contributed by atoms with Gasteiger partial charge >= 0.3 is 5.97 Å². The minimum atomic E-state index is -3.30. The molecule has 0 aliphatic carbocycles. The standard InChI is InChI=1S/C20H19NO6S/c1-3-26-20(23)19-18(15-6-4-5-7-16(15)27-19)21-17(22)12-13-8-10-14(11-9-13)28(2,24)25/h4-11H,3,12H2,1-2H3,(H,21,22). The van der Waals surface area contributed by atoms with Crippen molar-refractivity contribution in [1.82, 2.24) is 0 Å². The summed E-state index contributed by atoms with van der Waals surface area (Å²) in [4.78, 5) is 24.9. The molecule has 0 saturated heterocycles. The van der Waals surface area contributed by atoms with E-state index in [1.165, 1.54) is 12.1 Å². The van der Waals surface area contributed by atoms with Crippen molar-refractivity contribution in [3.63, 3.8) is 0 Å². The zero-order valence-electron chi connectivity index (χ0n) is 15.4. The highest BCUT2D eigenvalue weighted by Crippen LogP contribution is 2.31. The Hall–Kier alpha value is -3.13. The summed E-state index contributed by atoms with van der Waals surface area (Å²) in [6.45, 7) is 1.86. The highest BCUT2D eigenvalue weighted by Gasteiger charge is 2.23. The maximum atomic E-state index is 12.5. The fourth-order valence-corrected chi connectivity index (χ4v) is 3.36. The van der Waals surface area contributed by atoms with Crippen molar-refractivity contribution < 1.29 is 27.2 Å². The molecule has 3 aromatic rings. The first kappa shape index (κ1) is 19.6. The number of furan rings is 1. The number of carbonyl (C=O) groups is 2. The third kappa shape index (κ3) is 4.23. The van der Waals surface area contributed by atoms with E-state index >= 15 is 0 Å². The fraction of sp³-hybridized carbons (Fsp3) is 0.200. The van der Waals surface area contributed by atoms with Gasteiger partial charge in [-0.15, -0.1) is 0 Å². The summed E-state index contributed by atoms with van der Waals surface area (Å²) in [5.41, 5.74) is 1.35. The lowest BCUT2D eigenvalue weighted by Crippen LogP contribution is -2.16. The SMILES string of the molecule is CCOC(=O)c1oc2ccccc2c1NC(=O)Cc1ccc(S(C)(=O)=O)cc1. The number of benzene rings is 2. The summed E-state index contributed by atoms with van der Waals surface area (Å²) in [5, 5.41) is 3.30.